The normalized spacial score (nSPS) is 10.9. The number of carbonyl (C=O) groups excluding carboxylic acids is 1. The average Bonchev–Trinajstić information content (AvgIpc) is 3.09. The first-order chi connectivity index (χ1) is 12.8. The van der Waals surface area contributed by atoms with E-state index >= 15 is 0 Å². The molecular formula is C21H19N3O2. The minimum Gasteiger partial charge on any atom is -0.484 e. The van der Waals surface area contributed by atoms with E-state index in [9.17, 15) is 4.79 Å². The molecule has 26 heavy (non-hydrogen) atoms. The molecule has 0 atom stereocenters. The zero-order chi connectivity index (χ0) is 17.8. The maximum atomic E-state index is 12.0. The van der Waals surface area contributed by atoms with E-state index < -0.39 is 0 Å². The topological polar surface area (TPSA) is 66.2 Å². The zero-order valence-corrected chi connectivity index (χ0v) is 14.2. The van der Waals surface area contributed by atoms with E-state index in [-0.39, 0.29) is 12.5 Å². The number of carbonyl (C=O) groups is 1. The van der Waals surface area contributed by atoms with Gasteiger partial charge in [-0.1, -0.05) is 48.5 Å². The van der Waals surface area contributed by atoms with Crippen LogP contribution in [-0.4, -0.2) is 17.5 Å². The number of aromatic nitrogens is 1. The van der Waals surface area contributed by atoms with E-state index in [1.807, 2.05) is 72.9 Å². The van der Waals surface area contributed by atoms with Gasteiger partial charge >= 0.3 is 0 Å². The molecule has 130 valence electrons. The number of benzene rings is 3. The molecule has 0 aliphatic carbocycles. The number of hydrazine groups is 1. The van der Waals surface area contributed by atoms with Crippen LogP contribution in [0.25, 0.3) is 21.7 Å². The molecule has 0 aliphatic heterocycles. The molecule has 4 rings (SSSR count). The Morgan fingerprint density at radius 1 is 0.962 bits per heavy atom. The van der Waals surface area contributed by atoms with E-state index in [0.29, 0.717) is 12.3 Å². The smallest absolute Gasteiger partial charge is 0.271 e. The summed E-state index contributed by atoms with van der Waals surface area (Å²) in [5.74, 6) is 0.452. The number of aromatic amines is 1. The van der Waals surface area contributed by atoms with Crippen molar-refractivity contribution in [1.82, 2.24) is 15.8 Å². The number of H-pyrrole nitrogens is 1. The number of hydrogen-bond donors (Lipinski definition) is 3. The number of fused-ring (bicyclic) bond motifs is 2. The molecule has 0 saturated carbocycles. The van der Waals surface area contributed by atoms with Crippen molar-refractivity contribution in [2.75, 3.05) is 6.61 Å². The maximum absolute atomic E-state index is 12.0. The number of rotatable bonds is 6. The van der Waals surface area contributed by atoms with Crippen LogP contribution in [0.3, 0.4) is 0 Å². The van der Waals surface area contributed by atoms with Gasteiger partial charge in [0.05, 0.1) is 0 Å². The lowest BCUT2D eigenvalue weighted by Gasteiger charge is -2.09. The Bertz CT molecular complexity index is 1060. The molecule has 0 radical (unpaired) electrons. The fraction of sp³-hybridized carbons (Fsp3) is 0.0952. The highest BCUT2D eigenvalue weighted by atomic mass is 16.5. The van der Waals surface area contributed by atoms with Crippen molar-refractivity contribution in [2.45, 2.75) is 6.54 Å². The van der Waals surface area contributed by atoms with E-state index in [2.05, 4.69) is 15.8 Å². The maximum Gasteiger partial charge on any atom is 0.271 e. The largest absolute Gasteiger partial charge is 0.484 e. The van der Waals surface area contributed by atoms with Crippen molar-refractivity contribution in [2.24, 2.45) is 0 Å². The summed E-state index contributed by atoms with van der Waals surface area (Å²) >= 11 is 0. The molecule has 5 heteroatoms. The molecule has 0 saturated heterocycles. The fourth-order valence-corrected chi connectivity index (χ4v) is 2.96. The standard InChI is InChI=1S/C21H19N3O2/c25-21(14-26-18-10-9-15-5-1-2-6-16(15)11-18)24-23-13-17-12-22-20-8-4-3-7-19(17)20/h1-12,22-23H,13-14H2,(H,24,25). The van der Waals surface area contributed by atoms with Gasteiger partial charge in [-0.25, -0.2) is 5.43 Å². The molecule has 0 fully saturated rings. The van der Waals surface area contributed by atoms with Crippen LogP contribution in [0.4, 0.5) is 0 Å². The van der Waals surface area contributed by atoms with Crippen LogP contribution in [0.2, 0.25) is 0 Å². The van der Waals surface area contributed by atoms with Crippen molar-refractivity contribution in [1.29, 1.82) is 0 Å². The number of hydrogen-bond acceptors (Lipinski definition) is 3. The van der Waals surface area contributed by atoms with Gasteiger partial charge in [0, 0.05) is 23.6 Å². The van der Waals surface area contributed by atoms with E-state index in [4.69, 9.17) is 4.74 Å². The zero-order valence-electron chi connectivity index (χ0n) is 14.2. The van der Waals surface area contributed by atoms with Crippen LogP contribution < -0.4 is 15.6 Å². The summed E-state index contributed by atoms with van der Waals surface area (Å²) < 4.78 is 5.58. The van der Waals surface area contributed by atoms with E-state index in [1.165, 1.54) is 0 Å². The summed E-state index contributed by atoms with van der Waals surface area (Å²) in [6.07, 6.45) is 1.94. The van der Waals surface area contributed by atoms with Crippen LogP contribution in [0.15, 0.2) is 72.9 Å². The second-order valence-corrected chi connectivity index (χ2v) is 6.06. The summed E-state index contributed by atoms with van der Waals surface area (Å²) in [5, 5.41) is 3.37. The van der Waals surface area contributed by atoms with Crippen LogP contribution in [0.5, 0.6) is 5.75 Å². The lowest BCUT2D eigenvalue weighted by molar-refractivity contribution is -0.124. The van der Waals surface area contributed by atoms with E-state index in [1.54, 1.807) is 0 Å². The minimum absolute atomic E-state index is 0.0424. The van der Waals surface area contributed by atoms with Gasteiger partial charge in [-0.3, -0.25) is 10.2 Å². The Balaban J connectivity index is 1.28. The lowest BCUT2D eigenvalue weighted by Crippen LogP contribution is -2.39. The Labute approximate surface area is 151 Å². The highest BCUT2D eigenvalue weighted by Crippen LogP contribution is 2.20. The molecule has 0 bridgehead atoms. The molecular weight excluding hydrogens is 326 g/mol. The fourth-order valence-electron chi connectivity index (χ4n) is 2.96. The van der Waals surface area contributed by atoms with Gasteiger partial charge in [-0.15, -0.1) is 0 Å². The Kier molecular flexibility index (Phi) is 4.53. The number of nitrogens with one attached hydrogen (secondary N) is 3. The van der Waals surface area contributed by atoms with Crippen LogP contribution in [-0.2, 0) is 11.3 Å². The van der Waals surface area contributed by atoms with Crippen LogP contribution >= 0.6 is 0 Å². The molecule has 4 aromatic rings. The van der Waals surface area contributed by atoms with Gasteiger partial charge in [0.15, 0.2) is 6.61 Å². The third-order valence-electron chi connectivity index (χ3n) is 4.27. The first-order valence-electron chi connectivity index (χ1n) is 8.48. The van der Waals surface area contributed by atoms with Gasteiger partial charge in [0.1, 0.15) is 5.75 Å². The highest BCUT2D eigenvalue weighted by molar-refractivity contribution is 5.84. The predicted octanol–water partition coefficient (Wildman–Crippen LogP) is 3.52. The molecule has 0 unspecified atom stereocenters. The quantitative estimate of drug-likeness (QED) is 0.469. The molecule has 3 N–H and O–H groups in total. The van der Waals surface area contributed by atoms with Gasteiger partial charge in [0.2, 0.25) is 0 Å². The van der Waals surface area contributed by atoms with Crippen LogP contribution in [0.1, 0.15) is 5.56 Å². The summed E-state index contributed by atoms with van der Waals surface area (Å²) in [6.45, 7) is 0.491. The average molecular weight is 345 g/mol. The number of amides is 1. The second-order valence-electron chi connectivity index (χ2n) is 6.06. The summed E-state index contributed by atoms with van der Waals surface area (Å²) in [4.78, 5) is 15.2. The van der Waals surface area contributed by atoms with Crippen molar-refractivity contribution in [3.63, 3.8) is 0 Å². The molecule has 5 nitrogen and oxygen atoms in total. The molecule has 0 spiro atoms. The minimum atomic E-state index is -0.224. The molecule has 1 heterocycles. The number of para-hydroxylation sites is 1. The van der Waals surface area contributed by atoms with Gasteiger partial charge in [0.25, 0.3) is 5.91 Å². The van der Waals surface area contributed by atoms with Crippen molar-refractivity contribution in [3.8, 4) is 5.75 Å². The van der Waals surface area contributed by atoms with Crippen molar-refractivity contribution < 1.29 is 9.53 Å². The monoisotopic (exact) mass is 345 g/mol. The summed E-state index contributed by atoms with van der Waals surface area (Å²) in [6, 6.07) is 21.9. The van der Waals surface area contributed by atoms with Crippen LogP contribution in [0, 0.1) is 0 Å². The van der Waals surface area contributed by atoms with Gasteiger partial charge < -0.3 is 9.72 Å². The van der Waals surface area contributed by atoms with Crippen molar-refractivity contribution >= 4 is 27.6 Å². The third kappa shape index (κ3) is 3.53. The predicted molar refractivity (Wildman–Crippen MR) is 103 cm³/mol. The molecule has 1 aromatic heterocycles. The molecule has 1 amide bonds. The Hall–Kier alpha value is -3.31. The number of ether oxygens (including phenoxy) is 1. The Morgan fingerprint density at radius 3 is 2.69 bits per heavy atom. The first kappa shape index (κ1) is 16.2. The lowest BCUT2D eigenvalue weighted by atomic mass is 10.1. The first-order valence-corrected chi connectivity index (χ1v) is 8.48. The second kappa shape index (κ2) is 7.29. The van der Waals surface area contributed by atoms with Gasteiger partial charge in [-0.05, 0) is 34.5 Å². The molecule has 3 aromatic carbocycles. The van der Waals surface area contributed by atoms with E-state index in [0.717, 1.165) is 27.2 Å². The van der Waals surface area contributed by atoms with Crippen molar-refractivity contribution in [3.05, 3.63) is 78.5 Å². The summed E-state index contributed by atoms with van der Waals surface area (Å²) in [7, 11) is 0. The summed E-state index contributed by atoms with van der Waals surface area (Å²) in [5.41, 5.74) is 7.78. The Morgan fingerprint density at radius 2 is 1.77 bits per heavy atom. The van der Waals surface area contributed by atoms with Gasteiger partial charge in [-0.2, -0.15) is 0 Å². The highest BCUT2D eigenvalue weighted by Gasteiger charge is 2.05. The third-order valence-corrected chi connectivity index (χ3v) is 4.27. The SMILES string of the molecule is O=C(COc1ccc2ccccc2c1)NNCc1c[nH]c2ccccc12. The molecule has 0 aliphatic rings.